The lowest BCUT2D eigenvalue weighted by atomic mass is 10.2. The maximum atomic E-state index is 13.3. The van der Waals surface area contributed by atoms with Crippen LogP contribution in [0.5, 0.6) is 5.75 Å². The van der Waals surface area contributed by atoms with Crippen LogP contribution in [0.15, 0.2) is 70.5 Å². The van der Waals surface area contributed by atoms with Gasteiger partial charge in [0.25, 0.3) is 5.56 Å². The third-order valence-corrected chi connectivity index (χ3v) is 5.84. The van der Waals surface area contributed by atoms with E-state index in [1.165, 1.54) is 19.4 Å². The SMILES string of the molecule is COc1cc(C)c(Cl)cc1NC(=O)Cn1c(=O)n(CC(=O)Nc2cccnc2)c(=O)c2ccccc21. The summed E-state index contributed by atoms with van der Waals surface area (Å²) in [6.45, 7) is 0.842. The molecule has 0 fully saturated rings. The molecule has 0 spiro atoms. The summed E-state index contributed by atoms with van der Waals surface area (Å²) >= 11 is 6.19. The smallest absolute Gasteiger partial charge is 0.332 e. The summed E-state index contributed by atoms with van der Waals surface area (Å²) in [4.78, 5) is 55.8. The second-order valence-corrected chi connectivity index (χ2v) is 8.32. The topological polar surface area (TPSA) is 124 Å². The van der Waals surface area contributed by atoms with Crippen molar-refractivity contribution in [3.05, 3.63) is 92.3 Å². The zero-order valence-corrected chi connectivity index (χ0v) is 20.2. The Balaban J connectivity index is 1.68. The van der Waals surface area contributed by atoms with Crippen LogP contribution >= 0.6 is 11.6 Å². The predicted molar refractivity (Wildman–Crippen MR) is 137 cm³/mol. The Hall–Kier alpha value is -4.44. The minimum atomic E-state index is -0.802. The van der Waals surface area contributed by atoms with E-state index >= 15 is 0 Å². The van der Waals surface area contributed by atoms with Crippen molar-refractivity contribution >= 4 is 45.7 Å². The molecular weight excluding hydrogens is 486 g/mol. The molecular formula is C25H22ClN5O5. The van der Waals surface area contributed by atoms with E-state index in [2.05, 4.69) is 15.6 Å². The van der Waals surface area contributed by atoms with Gasteiger partial charge in [0.15, 0.2) is 0 Å². The van der Waals surface area contributed by atoms with Crippen molar-refractivity contribution in [2.75, 3.05) is 17.7 Å². The molecule has 10 nitrogen and oxygen atoms in total. The predicted octanol–water partition coefficient (Wildman–Crippen LogP) is 2.81. The third kappa shape index (κ3) is 5.13. The van der Waals surface area contributed by atoms with E-state index in [0.717, 1.165) is 14.7 Å². The molecule has 4 rings (SSSR count). The summed E-state index contributed by atoms with van der Waals surface area (Å²) in [6, 6.07) is 12.9. The number of carbonyl (C=O) groups excluding carboxylic acids is 2. The van der Waals surface area contributed by atoms with Gasteiger partial charge >= 0.3 is 5.69 Å². The lowest BCUT2D eigenvalue weighted by Gasteiger charge is -2.15. The molecule has 36 heavy (non-hydrogen) atoms. The second kappa shape index (κ2) is 10.4. The Morgan fingerprint density at radius 3 is 2.44 bits per heavy atom. The van der Waals surface area contributed by atoms with Crippen LogP contribution in [0.1, 0.15) is 5.56 Å². The first kappa shape index (κ1) is 24.7. The standard InChI is InChI=1S/C25H22ClN5O5/c1-15-10-21(36-2)19(11-18(15)26)29-23(33)13-30-20-8-4-3-7-17(20)24(34)31(25(30)35)14-22(32)28-16-6-5-9-27-12-16/h3-12H,13-14H2,1-2H3,(H,28,32)(H,29,33). The monoisotopic (exact) mass is 507 g/mol. The van der Waals surface area contributed by atoms with E-state index in [0.29, 0.717) is 22.1 Å². The van der Waals surface area contributed by atoms with Crippen molar-refractivity contribution in [1.29, 1.82) is 0 Å². The van der Waals surface area contributed by atoms with E-state index in [4.69, 9.17) is 16.3 Å². The van der Waals surface area contributed by atoms with Crippen LogP contribution in [0.3, 0.4) is 0 Å². The molecule has 0 saturated heterocycles. The van der Waals surface area contributed by atoms with Gasteiger partial charge in [-0.15, -0.1) is 0 Å². The van der Waals surface area contributed by atoms with E-state index in [9.17, 15) is 19.2 Å². The van der Waals surface area contributed by atoms with Crippen LogP contribution in [0, 0.1) is 6.92 Å². The summed E-state index contributed by atoms with van der Waals surface area (Å²) in [6.07, 6.45) is 2.99. The molecule has 2 amide bonds. The lowest BCUT2D eigenvalue weighted by molar-refractivity contribution is -0.117. The first-order valence-electron chi connectivity index (χ1n) is 10.8. The van der Waals surface area contributed by atoms with Gasteiger partial charge in [-0.2, -0.15) is 0 Å². The van der Waals surface area contributed by atoms with Crippen LogP contribution in [-0.4, -0.2) is 33.0 Å². The highest BCUT2D eigenvalue weighted by molar-refractivity contribution is 6.31. The largest absolute Gasteiger partial charge is 0.495 e. The number of carbonyl (C=O) groups is 2. The number of hydrogen-bond acceptors (Lipinski definition) is 6. The normalized spacial score (nSPS) is 10.8. The molecule has 0 aliphatic carbocycles. The van der Waals surface area contributed by atoms with Crippen molar-refractivity contribution in [3.8, 4) is 5.75 Å². The molecule has 184 valence electrons. The molecule has 2 N–H and O–H groups in total. The van der Waals surface area contributed by atoms with Gasteiger partial charge in [-0.3, -0.25) is 28.5 Å². The molecule has 0 unspecified atom stereocenters. The molecule has 2 aromatic heterocycles. The quantitative estimate of drug-likeness (QED) is 0.396. The second-order valence-electron chi connectivity index (χ2n) is 7.92. The number of rotatable bonds is 7. The number of hydrogen-bond donors (Lipinski definition) is 2. The van der Waals surface area contributed by atoms with Gasteiger partial charge in [0.2, 0.25) is 11.8 Å². The maximum absolute atomic E-state index is 13.3. The fourth-order valence-electron chi connectivity index (χ4n) is 3.70. The summed E-state index contributed by atoms with van der Waals surface area (Å²) in [5.41, 5.74) is 0.344. The fourth-order valence-corrected chi connectivity index (χ4v) is 3.86. The summed E-state index contributed by atoms with van der Waals surface area (Å²) < 4.78 is 7.26. The van der Waals surface area contributed by atoms with Gasteiger partial charge in [0, 0.05) is 11.2 Å². The van der Waals surface area contributed by atoms with Gasteiger partial charge in [-0.1, -0.05) is 23.7 Å². The summed E-state index contributed by atoms with van der Waals surface area (Å²) in [5, 5.41) is 5.91. The highest BCUT2D eigenvalue weighted by atomic mass is 35.5. The Kier molecular flexibility index (Phi) is 7.16. The third-order valence-electron chi connectivity index (χ3n) is 5.44. The number of pyridine rings is 1. The number of methoxy groups -OCH3 is 1. The number of para-hydroxylation sites is 1. The lowest BCUT2D eigenvalue weighted by Crippen LogP contribution is -2.44. The molecule has 0 atom stereocenters. The van der Waals surface area contributed by atoms with Crippen molar-refractivity contribution < 1.29 is 14.3 Å². The number of anilines is 2. The zero-order chi connectivity index (χ0) is 25.8. The van der Waals surface area contributed by atoms with E-state index in [-0.39, 0.29) is 10.9 Å². The number of fused-ring (bicyclic) bond motifs is 1. The number of nitrogens with zero attached hydrogens (tertiary/aromatic N) is 3. The maximum Gasteiger partial charge on any atom is 0.332 e. The summed E-state index contributed by atoms with van der Waals surface area (Å²) in [7, 11) is 1.46. The molecule has 2 heterocycles. The van der Waals surface area contributed by atoms with Gasteiger partial charge < -0.3 is 15.4 Å². The Bertz CT molecular complexity index is 1580. The van der Waals surface area contributed by atoms with Crippen molar-refractivity contribution in [2.45, 2.75) is 20.0 Å². The Labute approximate surface area is 210 Å². The van der Waals surface area contributed by atoms with Gasteiger partial charge in [0.05, 0.1) is 35.6 Å². The average molecular weight is 508 g/mol. The average Bonchev–Trinajstić information content (AvgIpc) is 2.87. The molecule has 0 radical (unpaired) electrons. The number of amides is 2. The Morgan fingerprint density at radius 2 is 1.72 bits per heavy atom. The van der Waals surface area contributed by atoms with Gasteiger partial charge in [0.1, 0.15) is 18.8 Å². The van der Waals surface area contributed by atoms with Crippen molar-refractivity contribution in [1.82, 2.24) is 14.1 Å². The number of aromatic nitrogens is 3. The molecule has 2 aromatic carbocycles. The number of benzene rings is 2. The van der Waals surface area contributed by atoms with Crippen LogP contribution < -0.4 is 26.6 Å². The number of halogens is 1. The van der Waals surface area contributed by atoms with Crippen molar-refractivity contribution in [2.24, 2.45) is 0 Å². The van der Waals surface area contributed by atoms with E-state index < -0.39 is 36.2 Å². The first-order valence-corrected chi connectivity index (χ1v) is 11.2. The van der Waals surface area contributed by atoms with Crippen LogP contribution in [0.25, 0.3) is 10.9 Å². The van der Waals surface area contributed by atoms with Gasteiger partial charge in [-0.25, -0.2) is 4.79 Å². The number of ether oxygens (including phenoxy) is 1. The molecule has 11 heteroatoms. The summed E-state index contributed by atoms with van der Waals surface area (Å²) in [5.74, 6) is -0.738. The minimum absolute atomic E-state index is 0.190. The molecule has 4 aromatic rings. The molecule has 0 aliphatic rings. The number of nitrogens with one attached hydrogen (secondary N) is 2. The molecule has 0 saturated carbocycles. The highest BCUT2D eigenvalue weighted by Crippen LogP contribution is 2.30. The molecule has 0 bridgehead atoms. The Morgan fingerprint density at radius 1 is 1.00 bits per heavy atom. The molecule has 0 aliphatic heterocycles. The fraction of sp³-hybridized carbons (Fsp3) is 0.160. The minimum Gasteiger partial charge on any atom is -0.495 e. The van der Waals surface area contributed by atoms with Crippen molar-refractivity contribution in [3.63, 3.8) is 0 Å². The first-order chi connectivity index (χ1) is 17.3. The van der Waals surface area contributed by atoms with Crippen LogP contribution in [0.2, 0.25) is 5.02 Å². The van der Waals surface area contributed by atoms with Crippen LogP contribution in [-0.2, 0) is 22.7 Å². The van der Waals surface area contributed by atoms with E-state index in [1.54, 1.807) is 55.6 Å². The van der Waals surface area contributed by atoms with E-state index in [1.807, 2.05) is 0 Å². The number of aryl methyl sites for hydroxylation is 1. The van der Waals surface area contributed by atoms with Crippen LogP contribution in [0.4, 0.5) is 11.4 Å². The zero-order valence-electron chi connectivity index (χ0n) is 19.4. The highest BCUT2D eigenvalue weighted by Gasteiger charge is 2.18. The van der Waals surface area contributed by atoms with Gasteiger partial charge in [-0.05, 0) is 48.9 Å².